The highest BCUT2D eigenvalue weighted by Gasteiger charge is 2.25. The molecule has 0 unspecified atom stereocenters. The molecule has 23 heavy (non-hydrogen) atoms. The molecule has 116 valence electrons. The third-order valence-electron chi connectivity index (χ3n) is 3.68. The maximum Gasteiger partial charge on any atom is 0.270 e. The number of nitrogens with zero attached hydrogens (tertiary/aromatic N) is 2. The van der Waals surface area contributed by atoms with Crippen LogP contribution >= 0.6 is 23.2 Å². The zero-order valence-corrected chi connectivity index (χ0v) is 13.9. The van der Waals surface area contributed by atoms with Gasteiger partial charge >= 0.3 is 0 Å². The van der Waals surface area contributed by atoms with Crippen LogP contribution < -0.4 is 5.32 Å². The Kier molecular flexibility index (Phi) is 4.25. The summed E-state index contributed by atoms with van der Waals surface area (Å²) in [6.07, 6.45) is 1.99. The molecule has 1 aliphatic carbocycles. The van der Waals surface area contributed by atoms with Crippen molar-refractivity contribution in [2.75, 3.05) is 0 Å². The van der Waals surface area contributed by atoms with Gasteiger partial charge in [0.05, 0.1) is 11.3 Å². The van der Waals surface area contributed by atoms with Crippen LogP contribution in [0.4, 0.5) is 0 Å². The molecule has 1 N–H and O–H groups in total. The van der Waals surface area contributed by atoms with Gasteiger partial charge in [-0.25, -0.2) is 4.98 Å². The van der Waals surface area contributed by atoms with E-state index in [0.29, 0.717) is 32.4 Å². The van der Waals surface area contributed by atoms with Crippen LogP contribution in [-0.4, -0.2) is 16.9 Å². The molecule has 0 bridgehead atoms. The number of nitriles is 1. The van der Waals surface area contributed by atoms with Gasteiger partial charge in [0.1, 0.15) is 11.8 Å². The summed E-state index contributed by atoms with van der Waals surface area (Å²) in [6, 6.07) is 9.03. The minimum absolute atomic E-state index is 0.230. The van der Waals surface area contributed by atoms with Gasteiger partial charge in [0.2, 0.25) is 0 Å². The van der Waals surface area contributed by atoms with Crippen LogP contribution in [0.2, 0.25) is 10.0 Å². The molecule has 1 aliphatic rings. The van der Waals surface area contributed by atoms with Crippen LogP contribution in [-0.2, 0) is 0 Å². The second-order valence-corrected chi connectivity index (χ2v) is 6.34. The van der Waals surface area contributed by atoms with Gasteiger partial charge in [-0.3, -0.25) is 4.79 Å². The van der Waals surface area contributed by atoms with E-state index in [1.165, 1.54) is 0 Å². The molecule has 2 aromatic rings. The molecule has 1 heterocycles. The molecular formula is C17H13Cl2N3O. The van der Waals surface area contributed by atoms with Gasteiger partial charge in [0, 0.05) is 27.2 Å². The molecule has 3 rings (SSSR count). The number of hydrogen-bond acceptors (Lipinski definition) is 3. The first-order chi connectivity index (χ1) is 11.0. The van der Waals surface area contributed by atoms with E-state index in [2.05, 4.69) is 16.4 Å². The smallest absolute Gasteiger partial charge is 0.270 e. The van der Waals surface area contributed by atoms with E-state index in [1.54, 1.807) is 31.2 Å². The summed E-state index contributed by atoms with van der Waals surface area (Å²) in [5.41, 5.74) is 2.42. The van der Waals surface area contributed by atoms with Crippen LogP contribution in [0.1, 0.15) is 34.6 Å². The Morgan fingerprint density at radius 2 is 2.04 bits per heavy atom. The first kappa shape index (κ1) is 15.8. The average Bonchev–Trinajstić information content (AvgIpc) is 3.30. The number of hydrogen-bond donors (Lipinski definition) is 1. The lowest BCUT2D eigenvalue weighted by Gasteiger charge is -2.12. The summed E-state index contributed by atoms with van der Waals surface area (Å²) in [4.78, 5) is 16.5. The molecule has 0 radical (unpaired) electrons. The minimum atomic E-state index is -0.230. The SMILES string of the molecule is Cc1nc(C(=O)NC2CC2)cc(-c2ccc(Cl)cc2Cl)c1C#N. The van der Waals surface area contributed by atoms with Crippen molar-refractivity contribution in [3.63, 3.8) is 0 Å². The second-order valence-electron chi connectivity index (χ2n) is 5.50. The van der Waals surface area contributed by atoms with Crippen molar-refractivity contribution in [2.45, 2.75) is 25.8 Å². The normalized spacial score (nSPS) is 13.5. The number of benzene rings is 1. The van der Waals surface area contributed by atoms with Gasteiger partial charge < -0.3 is 5.32 Å². The molecule has 0 atom stereocenters. The van der Waals surface area contributed by atoms with Crippen molar-refractivity contribution in [1.29, 1.82) is 5.26 Å². The molecule has 0 saturated heterocycles. The van der Waals surface area contributed by atoms with E-state index >= 15 is 0 Å². The summed E-state index contributed by atoms with van der Waals surface area (Å²) < 4.78 is 0. The molecule has 4 nitrogen and oxygen atoms in total. The minimum Gasteiger partial charge on any atom is -0.348 e. The van der Waals surface area contributed by atoms with Crippen LogP contribution in [0.3, 0.4) is 0 Å². The van der Waals surface area contributed by atoms with Crippen molar-refractivity contribution < 1.29 is 4.79 Å². The summed E-state index contributed by atoms with van der Waals surface area (Å²) in [5, 5.41) is 13.3. The molecule has 1 aromatic heterocycles. The van der Waals surface area contributed by atoms with Crippen LogP contribution in [0.15, 0.2) is 24.3 Å². The Bertz CT molecular complexity index is 838. The van der Waals surface area contributed by atoms with Crippen LogP contribution in [0, 0.1) is 18.3 Å². The number of aromatic nitrogens is 1. The van der Waals surface area contributed by atoms with E-state index in [0.717, 1.165) is 12.8 Å². The second kappa shape index (κ2) is 6.19. The number of carbonyl (C=O) groups is 1. The summed E-state index contributed by atoms with van der Waals surface area (Å²) >= 11 is 12.2. The fraction of sp³-hybridized carbons (Fsp3) is 0.235. The third-order valence-corrected chi connectivity index (χ3v) is 4.23. The number of pyridine rings is 1. The van der Waals surface area contributed by atoms with Crippen molar-refractivity contribution in [1.82, 2.24) is 10.3 Å². The Morgan fingerprint density at radius 1 is 1.30 bits per heavy atom. The first-order valence-corrected chi connectivity index (χ1v) is 7.93. The number of halogens is 2. The number of nitrogens with one attached hydrogen (secondary N) is 1. The van der Waals surface area contributed by atoms with Crippen LogP contribution in [0.5, 0.6) is 0 Å². The van der Waals surface area contributed by atoms with Crippen LogP contribution in [0.25, 0.3) is 11.1 Å². The van der Waals surface area contributed by atoms with Gasteiger partial charge in [-0.2, -0.15) is 5.26 Å². The van der Waals surface area contributed by atoms with Crippen molar-refractivity contribution in [3.8, 4) is 17.2 Å². The Balaban J connectivity index is 2.11. The Labute approximate surface area is 144 Å². The van der Waals surface area contributed by atoms with Gasteiger partial charge in [0.15, 0.2) is 0 Å². The van der Waals surface area contributed by atoms with Crippen molar-refractivity contribution >= 4 is 29.1 Å². The lowest BCUT2D eigenvalue weighted by molar-refractivity contribution is 0.0946. The summed E-state index contributed by atoms with van der Waals surface area (Å²) in [7, 11) is 0. The van der Waals surface area contributed by atoms with Crippen molar-refractivity contribution in [2.24, 2.45) is 0 Å². The molecular weight excluding hydrogens is 333 g/mol. The standard InChI is InChI=1S/C17H13Cl2N3O/c1-9-14(8-20)13(12-5-2-10(18)6-15(12)19)7-16(21-9)17(23)22-11-3-4-11/h2,5-7,11H,3-4H2,1H3,(H,22,23). The number of aryl methyl sites for hydroxylation is 1. The molecule has 0 aliphatic heterocycles. The maximum atomic E-state index is 12.3. The zero-order chi connectivity index (χ0) is 16.6. The molecule has 6 heteroatoms. The average molecular weight is 346 g/mol. The lowest BCUT2D eigenvalue weighted by atomic mass is 9.98. The number of amides is 1. The topological polar surface area (TPSA) is 65.8 Å². The van der Waals surface area contributed by atoms with E-state index in [1.807, 2.05) is 0 Å². The van der Waals surface area contributed by atoms with Gasteiger partial charge in [0.25, 0.3) is 5.91 Å². The highest BCUT2D eigenvalue weighted by molar-refractivity contribution is 6.36. The van der Waals surface area contributed by atoms with E-state index < -0.39 is 0 Å². The maximum absolute atomic E-state index is 12.3. The number of carbonyl (C=O) groups excluding carboxylic acids is 1. The largest absolute Gasteiger partial charge is 0.348 e. The lowest BCUT2D eigenvalue weighted by Crippen LogP contribution is -2.26. The molecule has 1 fully saturated rings. The predicted molar refractivity (Wildman–Crippen MR) is 89.6 cm³/mol. The quantitative estimate of drug-likeness (QED) is 0.909. The third kappa shape index (κ3) is 3.31. The predicted octanol–water partition coefficient (Wildman–Crippen LogP) is 4.13. The molecule has 1 amide bonds. The fourth-order valence-electron chi connectivity index (χ4n) is 2.34. The molecule has 1 aromatic carbocycles. The monoisotopic (exact) mass is 345 g/mol. The van der Waals surface area contributed by atoms with Gasteiger partial charge in [-0.05, 0) is 38.0 Å². The fourth-order valence-corrected chi connectivity index (χ4v) is 2.85. The first-order valence-electron chi connectivity index (χ1n) is 7.17. The summed E-state index contributed by atoms with van der Waals surface area (Å²) in [6.45, 7) is 1.71. The Morgan fingerprint density at radius 3 is 2.65 bits per heavy atom. The highest BCUT2D eigenvalue weighted by atomic mass is 35.5. The van der Waals surface area contributed by atoms with Gasteiger partial charge in [-0.1, -0.05) is 29.3 Å². The van der Waals surface area contributed by atoms with Gasteiger partial charge in [-0.15, -0.1) is 0 Å². The van der Waals surface area contributed by atoms with E-state index in [4.69, 9.17) is 23.2 Å². The van der Waals surface area contributed by atoms with E-state index in [9.17, 15) is 10.1 Å². The number of rotatable bonds is 3. The van der Waals surface area contributed by atoms with E-state index in [-0.39, 0.29) is 17.6 Å². The summed E-state index contributed by atoms with van der Waals surface area (Å²) in [5.74, 6) is -0.230. The van der Waals surface area contributed by atoms with Crippen molar-refractivity contribution in [3.05, 3.63) is 51.3 Å². The molecule has 0 spiro atoms. The zero-order valence-electron chi connectivity index (χ0n) is 12.4. The molecule has 1 saturated carbocycles. The Hall–Kier alpha value is -2.09. The highest BCUT2D eigenvalue weighted by Crippen LogP contribution is 2.33.